The van der Waals surface area contributed by atoms with Crippen molar-refractivity contribution in [3.63, 3.8) is 0 Å². The van der Waals surface area contributed by atoms with Crippen LogP contribution < -0.4 is 10.2 Å². The highest BCUT2D eigenvalue weighted by molar-refractivity contribution is 6.01. The summed E-state index contributed by atoms with van der Waals surface area (Å²) < 4.78 is 6.20. The Morgan fingerprint density at radius 2 is 2.30 bits per heavy atom. The summed E-state index contributed by atoms with van der Waals surface area (Å²) in [5.41, 5.74) is 2.38. The Balaban J connectivity index is 1.85. The van der Waals surface area contributed by atoms with Crippen molar-refractivity contribution in [2.75, 3.05) is 20.1 Å². The van der Waals surface area contributed by atoms with Crippen molar-refractivity contribution in [2.45, 2.75) is 24.9 Å². The van der Waals surface area contributed by atoms with Gasteiger partial charge < -0.3 is 9.64 Å². The zero-order valence-corrected chi connectivity index (χ0v) is 13.0. The molecule has 1 unspecified atom stereocenters. The fourth-order valence-electron chi connectivity index (χ4n) is 3.37. The Morgan fingerprint density at radius 3 is 3.04 bits per heavy atom. The largest absolute Gasteiger partial charge is 0.485 e. The minimum absolute atomic E-state index is 0.0726. The number of likely N-dealkylation sites (tertiary alicyclic amines) is 1. The predicted molar refractivity (Wildman–Crippen MR) is 84.4 cm³/mol. The first kappa shape index (κ1) is 15.7. The molecule has 1 fully saturated rings. The maximum absolute atomic E-state index is 12.6. The Kier molecular flexibility index (Phi) is 4.19. The van der Waals surface area contributed by atoms with Gasteiger partial charge in [0.15, 0.2) is 5.78 Å². The molecule has 2 heterocycles. The first-order valence-corrected chi connectivity index (χ1v) is 7.68. The molecule has 1 spiro atoms. The van der Waals surface area contributed by atoms with Crippen molar-refractivity contribution >= 4 is 17.8 Å². The van der Waals surface area contributed by atoms with E-state index < -0.39 is 11.5 Å². The summed E-state index contributed by atoms with van der Waals surface area (Å²) in [4.78, 5) is 25.8. The van der Waals surface area contributed by atoms with Crippen LogP contribution in [0.1, 0.15) is 35.2 Å². The van der Waals surface area contributed by atoms with E-state index in [9.17, 15) is 9.59 Å². The number of nitrogens with zero attached hydrogens (tertiary/aromatic N) is 1. The molecule has 6 nitrogen and oxygen atoms in total. The standard InChI is InChI=1S/C17H20N2O4/c1-19-8-2-7-17(11-19)10-14(20)13-9-12(3-5-15(13)23-17)4-6-16(21)18-22/h3-6,9,22H,2,7-8,10-11H2,1H3,(H,18,21)/b6-4+. The summed E-state index contributed by atoms with van der Waals surface area (Å²) in [5, 5.41) is 8.48. The van der Waals surface area contributed by atoms with E-state index in [-0.39, 0.29) is 5.78 Å². The van der Waals surface area contributed by atoms with Crippen molar-refractivity contribution in [3.05, 3.63) is 35.4 Å². The van der Waals surface area contributed by atoms with E-state index in [4.69, 9.17) is 9.94 Å². The Hall–Kier alpha value is -2.18. The highest BCUT2D eigenvalue weighted by Crippen LogP contribution is 2.38. The number of ketones is 1. The summed E-state index contributed by atoms with van der Waals surface area (Å²) in [6.07, 6.45) is 5.04. The maximum atomic E-state index is 12.6. The number of amides is 1. The summed E-state index contributed by atoms with van der Waals surface area (Å²) >= 11 is 0. The van der Waals surface area contributed by atoms with E-state index >= 15 is 0 Å². The first-order chi connectivity index (χ1) is 11.0. The second kappa shape index (κ2) is 6.14. The average Bonchev–Trinajstić information content (AvgIpc) is 2.52. The van der Waals surface area contributed by atoms with E-state index in [1.165, 1.54) is 17.6 Å². The number of hydroxylamine groups is 1. The third kappa shape index (κ3) is 3.28. The summed E-state index contributed by atoms with van der Waals surface area (Å²) in [7, 11) is 2.05. The maximum Gasteiger partial charge on any atom is 0.267 e. The molecule has 2 aliphatic heterocycles. The second-order valence-corrected chi connectivity index (χ2v) is 6.29. The lowest BCUT2D eigenvalue weighted by molar-refractivity contribution is -0.124. The van der Waals surface area contributed by atoms with Gasteiger partial charge in [0, 0.05) is 12.6 Å². The number of piperidine rings is 1. The number of hydrogen-bond donors (Lipinski definition) is 2. The average molecular weight is 316 g/mol. The Morgan fingerprint density at radius 1 is 1.48 bits per heavy atom. The SMILES string of the molecule is CN1CCCC2(CC(=O)c3cc(/C=C/C(=O)NO)ccc3O2)C1. The number of hydrogen-bond acceptors (Lipinski definition) is 5. The number of ether oxygens (including phenoxy) is 1. The summed E-state index contributed by atoms with van der Waals surface area (Å²) in [6, 6.07) is 5.29. The molecule has 1 aromatic carbocycles. The number of benzene rings is 1. The molecule has 1 aromatic rings. The Bertz CT molecular complexity index is 671. The molecule has 2 aliphatic rings. The molecule has 0 radical (unpaired) electrons. The van der Waals surface area contributed by atoms with Gasteiger partial charge in [-0.1, -0.05) is 6.07 Å². The van der Waals surface area contributed by atoms with Crippen molar-refractivity contribution in [1.82, 2.24) is 10.4 Å². The molecule has 1 saturated heterocycles. The minimum Gasteiger partial charge on any atom is -0.485 e. The van der Waals surface area contributed by atoms with Crippen molar-refractivity contribution < 1.29 is 19.5 Å². The molecule has 122 valence electrons. The van der Waals surface area contributed by atoms with Crippen LogP contribution >= 0.6 is 0 Å². The van der Waals surface area contributed by atoms with Gasteiger partial charge in [-0.15, -0.1) is 0 Å². The normalized spacial score (nSPS) is 24.5. The number of carbonyl (C=O) groups is 2. The van der Waals surface area contributed by atoms with Crippen LogP contribution in [-0.4, -0.2) is 47.5 Å². The Labute approximate surface area is 134 Å². The second-order valence-electron chi connectivity index (χ2n) is 6.29. The van der Waals surface area contributed by atoms with Gasteiger partial charge in [0.1, 0.15) is 11.4 Å². The third-order valence-electron chi connectivity index (χ3n) is 4.38. The molecule has 2 N–H and O–H groups in total. The van der Waals surface area contributed by atoms with Crippen LogP contribution in [0.25, 0.3) is 6.08 Å². The van der Waals surface area contributed by atoms with Crippen LogP contribution in [0.5, 0.6) is 5.75 Å². The lowest BCUT2D eigenvalue weighted by Gasteiger charge is -2.43. The fourth-order valence-corrected chi connectivity index (χ4v) is 3.37. The quantitative estimate of drug-likeness (QED) is 0.492. The molecule has 23 heavy (non-hydrogen) atoms. The highest BCUT2D eigenvalue weighted by Gasteiger charge is 2.42. The molecule has 0 aromatic heterocycles. The number of Topliss-reactive ketones (excluding diaryl/α,β-unsaturated/α-hetero) is 1. The van der Waals surface area contributed by atoms with Gasteiger partial charge in [0.05, 0.1) is 12.0 Å². The zero-order valence-electron chi connectivity index (χ0n) is 13.0. The van der Waals surface area contributed by atoms with Gasteiger partial charge in [-0.2, -0.15) is 0 Å². The van der Waals surface area contributed by atoms with Gasteiger partial charge in [0.2, 0.25) is 0 Å². The molecule has 0 saturated carbocycles. The molecule has 1 amide bonds. The van der Waals surface area contributed by atoms with E-state index in [1.54, 1.807) is 18.2 Å². The smallest absolute Gasteiger partial charge is 0.267 e. The lowest BCUT2D eigenvalue weighted by atomic mass is 9.83. The molecule has 3 rings (SSSR count). The monoisotopic (exact) mass is 316 g/mol. The van der Waals surface area contributed by atoms with Crippen LogP contribution in [-0.2, 0) is 4.79 Å². The third-order valence-corrected chi connectivity index (χ3v) is 4.38. The molecule has 1 atom stereocenters. The van der Waals surface area contributed by atoms with Gasteiger partial charge >= 0.3 is 0 Å². The zero-order chi connectivity index (χ0) is 16.4. The lowest BCUT2D eigenvalue weighted by Crippen LogP contribution is -2.53. The van der Waals surface area contributed by atoms with E-state index in [0.717, 1.165) is 25.9 Å². The van der Waals surface area contributed by atoms with Crippen LogP contribution in [0.2, 0.25) is 0 Å². The van der Waals surface area contributed by atoms with Crippen LogP contribution in [0, 0.1) is 0 Å². The molecule has 6 heteroatoms. The summed E-state index contributed by atoms with van der Waals surface area (Å²) in [6.45, 7) is 1.79. The van der Waals surface area contributed by atoms with Crippen LogP contribution in [0.15, 0.2) is 24.3 Å². The molecule has 0 bridgehead atoms. The molecule has 0 aliphatic carbocycles. The predicted octanol–water partition coefficient (Wildman–Crippen LogP) is 1.63. The van der Waals surface area contributed by atoms with Gasteiger partial charge in [-0.05, 0) is 50.2 Å². The summed E-state index contributed by atoms with van der Waals surface area (Å²) in [5.74, 6) is 0.0678. The number of nitrogens with one attached hydrogen (secondary N) is 1. The highest BCUT2D eigenvalue weighted by atomic mass is 16.5. The number of rotatable bonds is 2. The number of carbonyl (C=O) groups excluding carboxylic acids is 2. The van der Waals surface area contributed by atoms with E-state index in [1.807, 2.05) is 7.05 Å². The van der Waals surface area contributed by atoms with Crippen LogP contribution in [0.3, 0.4) is 0 Å². The number of likely N-dealkylation sites (N-methyl/N-ethyl adjacent to an activating group) is 1. The number of fused-ring (bicyclic) bond motifs is 1. The molecular formula is C17H20N2O4. The van der Waals surface area contributed by atoms with Gasteiger partial charge in [0.25, 0.3) is 5.91 Å². The van der Waals surface area contributed by atoms with Crippen LogP contribution in [0.4, 0.5) is 0 Å². The van der Waals surface area contributed by atoms with Crippen molar-refractivity contribution in [1.29, 1.82) is 0 Å². The fraction of sp³-hybridized carbons (Fsp3) is 0.412. The van der Waals surface area contributed by atoms with Crippen molar-refractivity contribution in [3.8, 4) is 5.75 Å². The first-order valence-electron chi connectivity index (χ1n) is 7.68. The molecular weight excluding hydrogens is 296 g/mol. The van der Waals surface area contributed by atoms with Gasteiger partial charge in [-0.3, -0.25) is 14.8 Å². The van der Waals surface area contributed by atoms with Crippen molar-refractivity contribution in [2.24, 2.45) is 0 Å². The minimum atomic E-state index is -0.616. The van der Waals surface area contributed by atoms with E-state index in [2.05, 4.69) is 4.90 Å². The topological polar surface area (TPSA) is 78.9 Å². The van der Waals surface area contributed by atoms with E-state index in [0.29, 0.717) is 23.3 Å². The van der Waals surface area contributed by atoms with Gasteiger partial charge in [-0.25, -0.2) is 5.48 Å².